The number of rotatable bonds is 4. The second-order valence-electron chi connectivity index (χ2n) is 2.92. The van der Waals surface area contributed by atoms with E-state index in [0.717, 1.165) is 23.9 Å². The van der Waals surface area contributed by atoms with Crippen molar-refractivity contribution in [2.45, 2.75) is 25.0 Å². The Balaban J connectivity index is 2.00. The highest BCUT2D eigenvalue weighted by Gasteiger charge is 2.27. The Morgan fingerprint density at radius 2 is 2.36 bits per heavy atom. The van der Waals surface area contributed by atoms with E-state index in [4.69, 9.17) is 4.74 Å². The van der Waals surface area contributed by atoms with Gasteiger partial charge in [0.1, 0.15) is 0 Å². The average Bonchev–Trinajstić information content (AvgIpc) is 1.84. The van der Waals surface area contributed by atoms with Crippen LogP contribution < -0.4 is 5.32 Å². The summed E-state index contributed by atoms with van der Waals surface area (Å²) in [6, 6.07) is 0.634. The Morgan fingerprint density at radius 1 is 1.73 bits per heavy atom. The first-order chi connectivity index (χ1) is 5.22. The summed E-state index contributed by atoms with van der Waals surface area (Å²) in [5.41, 5.74) is 0. The summed E-state index contributed by atoms with van der Waals surface area (Å²) in [7, 11) is 1.77. The zero-order valence-electron chi connectivity index (χ0n) is 6.77. The molecule has 1 aliphatic carbocycles. The van der Waals surface area contributed by atoms with Crippen LogP contribution in [0.2, 0.25) is 0 Å². The van der Waals surface area contributed by atoms with Gasteiger partial charge in [0.15, 0.2) is 0 Å². The van der Waals surface area contributed by atoms with Crippen molar-refractivity contribution in [1.29, 1.82) is 0 Å². The van der Waals surface area contributed by atoms with Gasteiger partial charge in [0.25, 0.3) is 0 Å². The molecule has 1 rings (SSSR count). The number of ether oxygens (including phenoxy) is 1. The summed E-state index contributed by atoms with van der Waals surface area (Å²) in [6.07, 6.45) is 2.75. The van der Waals surface area contributed by atoms with Crippen LogP contribution in [0.5, 0.6) is 0 Å². The van der Waals surface area contributed by atoms with Gasteiger partial charge in [-0.2, -0.15) is 0 Å². The number of methoxy groups -OCH3 is 1. The number of nitrogens with one attached hydrogen (secondary N) is 1. The maximum atomic E-state index is 5.15. The van der Waals surface area contributed by atoms with Gasteiger partial charge in [-0.15, -0.1) is 0 Å². The molecule has 3 heteroatoms. The average molecular weight is 220 g/mol. The van der Waals surface area contributed by atoms with Crippen LogP contribution in [0.1, 0.15) is 12.8 Å². The molecule has 0 unspecified atom stereocenters. The van der Waals surface area contributed by atoms with E-state index in [1.165, 1.54) is 0 Å². The zero-order valence-corrected chi connectivity index (χ0v) is 8.36. The van der Waals surface area contributed by atoms with E-state index in [-0.39, 0.29) is 0 Å². The van der Waals surface area contributed by atoms with E-state index >= 15 is 0 Å². The maximum absolute atomic E-state index is 5.15. The largest absolute Gasteiger partial charge is 0.381 e. The van der Waals surface area contributed by atoms with E-state index in [2.05, 4.69) is 27.8 Å². The van der Waals surface area contributed by atoms with Crippen LogP contribution in [0.25, 0.3) is 0 Å². The highest BCUT2D eigenvalue weighted by Crippen LogP contribution is 2.22. The molecule has 0 radical (unpaired) electrons. The molecule has 0 heterocycles. The van der Waals surface area contributed by atoms with Crippen LogP contribution in [-0.4, -0.2) is 25.8 Å². The predicted molar refractivity (Wildman–Crippen MR) is 49.9 cm³/mol. The van der Waals surface area contributed by atoms with Crippen LogP contribution in [0.15, 0.2) is 11.1 Å². The smallest absolute Gasteiger partial charge is 0.0601 e. The Hall–Kier alpha value is 0.140. The highest BCUT2D eigenvalue weighted by molar-refractivity contribution is 9.11. The topological polar surface area (TPSA) is 21.3 Å². The number of halogens is 1. The van der Waals surface area contributed by atoms with E-state index in [1.807, 2.05) is 0 Å². The van der Waals surface area contributed by atoms with Gasteiger partial charge in [-0.3, -0.25) is 0 Å². The lowest BCUT2D eigenvalue weighted by molar-refractivity contribution is 0.0184. The fraction of sp³-hybridized carbons (Fsp3) is 0.750. The Kier molecular flexibility index (Phi) is 3.55. The lowest BCUT2D eigenvalue weighted by Crippen LogP contribution is -2.45. The molecule has 1 saturated carbocycles. The predicted octanol–water partition coefficient (Wildman–Crippen LogP) is 1.66. The molecule has 0 bridgehead atoms. The first kappa shape index (κ1) is 9.23. The van der Waals surface area contributed by atoms with Crippen LogP contribution in [0.4, 0.5) is 0 Å². The minimum absolute atomic E-state index is 0.482. The summed E-state index contributed by atoms with van der Waals surface area (Å²) < 4.78 is 6.16. The molecule has 0 aromatic carbocycles. The highest BCUT2D eigenvalue weighted by atomic mass is 79.9. The number of hydrogen-bond donors (Lipinski definition) is 1. The molecule has 0 aliphatic heterocycles. The van der Waals surface area contributed by atoms with Gasteiger partial charge in [-0.25, -0.2) is 0 Å². The standard InChI is InChI=1S/C8H14BrNO/c1-6(9)5-10-7-3-8(4-7)11-2/h7-8,10H,1,3-5H2,2H3. The zero-order chi connectivity index (χ0) is 8.27. The van der Waals surface area contributed by atoms with Crippen molar-refractivity contribution in [3.63, 3.8) is 0 Å². The van der Waals surface area contributed by atoms with Crippen molar-refractivity contribution in [3.8, 4) is 0 Å². The normalized spacial score (nSPS) is 29.6. The van der Waals surface area contributed by atoms with Crippen molar-refractivity contribution >= 4 is 15.9 Å². The van der Waals surface area contributed by atoms with E-state index < -0.39 is 0 Å². The maximum Gasteiger partial charge on any atom is 0.0601 e. The molecule has 0 spiro atoms. The lowest BCUT2D eigenvalue weighted by atomic mass is 9.89. The van der Waals surface area contributed by atoms with Gasteiger partial charge in [0.2, 0.25) is 0 Å². The van der Waals surface area contributed by atoms with Crippen molar-refractivity contribution < 1.29 is 4.74 Å². The summed E-state index contributed by atoms with van der Waals surface area (Å²) in [6.45, 7) is 4.61. The second kappa shape index (κ2) is 4.24. The minimum Gasteiger partial charge on any atom is -0.381 e. The van der Waals surface area contributed by atoms with E-state index in [9.17, 15) is 0 Å². The third-order valence-electron chi connectivity index (χ3n) is 2.01. The molecule has 1 fully saturated rings. The Bertz CT molecular complexity index is 143. The molecule has 0 aromatic rings. The van der Waals surface area contributed by atoms with Gasteiger partial charge in [-0.1, -0.05) is 22.5 Å². The van der Waals surface area contributed by atoms with E-state index in [1.54, 1.807) is 7.11 Å². The first-order valence-electron chi connectivity index (χ1n) is 3.82. The lowest BCUT2D eigenvalue weighted by Gasteiger charge is -2.34. The minimum atomic E-state index is 0.482. The molecule has 11 heavy (non-hydrogen) atoms. The van der Waals surface area contributed by atoms with Gasteiger partial charge in [0.05, 0.1) is 6.10 Å². The molecular formula is C8H14BrNO. The fourth-order valence-corrected chi connectivity index (χ4v) is 1.34. The monoisotopic (exact) mass is 219 g/mol. The molecule has 0 saturated heterocycles. The van der Waals surface area contributed by atoms with Crippen molar-refractivity contribution in [3.05, 3.63) is 11.1 Å². The molecule has 2 nitrogen and oxygen atoms in total. The Labute approximate surface area is 76.1 Å². The third-order valence-corrected chi connectivity index (χ3v) is 2.29. The van der Waals surface area contributed by atoms with Gasteiger partial charge < -0.3 is 10.1 Å². The number of hydrogen-bond acceptors (Lipinski definition) is 2. The molecule has 1 aliphatic rings. The van der Waals surface area contributed by atoms with Crippen molar-refractivity contribution in [1.82, 2.24) is 5.32 Å². The molecule has 0 aromatic heterocycles. The Morgan fingerprint density at radius 3 is 2.82 bits per heavy atom. The van der Waals surface area contributed by atoms with Gasteiger partial charge >= 0.3 is 0 Å². The van der Waals surface area contributed by atoms with Crippen molar-refractivity contribution in [2.24, 2.45) is 0 Å². The SMILES string of the molecule is C=C(Br)CNC1CC(OC)C1. The molecule has 0 amide bonds. The first-order valence-corrected chi connectivity index (χ1v) is 4.61. The third kappa shape index (κ3) is 2.93. The van der Waals surface area contributed by atoms with Crippen LogP contribution >= 0.6 is 15.9 Å². The molecule has 1 N–H and O–H groups in total. The summed E-state index contributed by atoms with van der Waals surface area (Å²) in [5.74, 6) is 0. The van der Waals surface area contributed by atoms with Gasteiger partial charge in [0, 0.05) is 24.2 Å². The fourth-order valence-electron chi connectivity index (χ4n) is 1.18. The quantitative estimate of drug-likeness (QED) is 0.777. The van der Waals surface area contributed by atoms with Crippen molar-refractivity contribution in [2.75, 3.05) is 13.7 Å². The second-order valence-corrected chi connectivity index (χ2v) is 4.05. The summed E-state index contributed by atoms with van der Waals surface area (Å²) >= 11 is 3.30. The summed E-state index contributed by atoms with van der Waals surface area (Å²) in [5, 5.41) is 3.36. The molecule has 0 atom stereocenters. The van der Waals surface area contributed by atoms with E-state index in [0.29, 0.717) is 12.1 Å². The molecule has 64 valence electrons. The van der Waals surface area contributed by atoms with Crippen LogP contribution in [0, 0.1) is 0 Å². The molecular weight excluding hydrogens is 206 g/mol. The van der Waals surface area contributed by atoms with Crippen LogP contribution in [-0.2, 0) is 4.74 Å². The van der Waals surface area contributed by atoms with Gasteiger partial charge in [-0.05, 0) is 12.8 Å². The van der Waals surface area contributed by atoms with Crippen LogP contribution in [0.3, 0.4) is 0 Å². The summed E-state index contributed by atoms with van der Waals surface area (Å²) in [4.78, 5) is 0.